The van der Waals surface area contributed by atoms with Gasteiger partial charge in [-0.1, -0.05) is 12.5 Å². The largest absolute Gasteiger partial charge is 0.478 e. The molecule has 6 heteroatoms. The van der Waals surface area contributed by atoms with Gasteiger partial charge in [-0.25, -0.2) is 17.9 Å². The van der Waals surface area contributed by atoms with Gasteiger partial charge in [0.25, 0.3) is 0 Å². The summed E-state index contributed by atoms with van der Waals surface area (Å²) in [4.78, 5) is 11.1. The monoisotopic (exact) mass is 283 g/mol. The lowest BCUT2D eigenvalue weighted by molar-refractivity contribution is 0.0696. The number of carboxylic acid groups (broad SMARTS) is 1. The Hall–Kier alpha value is -1.40. The van der Waals surface area contributed by atoms with Crippen LogP contribution < -0.4 is 4.72 Å². The molecule has 0 radical (unpaired) electrons. The molecule has 19 heavy (non-hydrogen) atoms. The van der Waals surface area contributed by atoms with Crippen LogP contribution in [-0.4, -0.2) is 26.0 Å². The molecule has 1 aliphatic rings. The van der Waals surface area contributed by atoms with E-state index in [1.54, 1.807) is 0 Å². The second-order valence-corrected chi connectivity index (χ2v) is 6.62. The highest BCUT2D eigenvalue weighted by Gasteiger charge is 2.23. The van der Waals surface area contributed by atoms with Crippen LogP contribution in [0.3, 0.4) is 0 Å². The van der Waals surface area contributed by atoms with Crippen molar-refractivity contribution in [2.75, 3.05) is 6.54 Å². The van der Waals surface area contributed by atoms with Crippen molar-refractivity contribution in [3.8, 4) is 0 Å². The average Bonchev–Trinajstić information content (AvgIpc) is 2.26. The van der Waals surface area contributed by atoms with Gasteiger partial charge in [-0.3, -0.25) is 0 Å². The highest BCUT2D eigenvalue weighted by Crippen LogP contribution is 2.26. The molecule has 2 rings (SSSR count). The van der Waals surface area contributed by atoms with Gasteiger partial charge in [0.1, 0.15) is 0 Å². The summed E-state index contributed by atoms with van der Waals surface area (Å²) in [6, 6.07) is 4.29. The molecule has 0 heterocycles. The Morgan fingerprint density at radius 1 is 1.42 bits per heavy atom. The van der Waals surface area contributed by atoms with Crippen molar-refractivity contribution in [2.24, 2.45) is 5.92 Å². The lowest BCUT2D eigenvalue weighted by Crippen LogP contribution is -2.32. The molecular weight excluding hydrogens is 266 g/mol. The highest BCUT2D eigenvalue weighted by molar-refractivity contribution is 7.89. The molecule has 1 aromatic carbocycles. The first-order chi connectivity index (χ1) is 8.92. The van der Waals surface area contributed by atoms with Crippen molar-refractivity contribution in [1.29, 1.82) is 0 Å². The fourth-order valence-electron chi connectivity index (χ4n) is 2.14. The van der Waals surface area contributed by atoms with Gasteiger partial charge in [0.05, 0.1) is 10.5 Å². The Kier molecular flexibility index (Phi) is 3.91. The van der Waals surface area contributed by atoms with Crippen molar-refractivity contribution in [2.45, 2.75) is 31.1 Å². The first kappa shape index (κ1) is 14.0. The van der Waals surface area contributed by atoms with E-state index < -0.39 is 16.0 Å². The van der Waals surface area contributed by atoms with Crippen LogP contribution in [0.2, 0.25) is 0 Å². The van der Waals surface area contributed by atoms with E-state index >= 15 is 0 Å². The van der Waals surface area contributed by atoms with Crippen LogP contribution in [0.15, 0.2) is 23.1 Å². The maximum Gasteiger partial charge on any atom is 0.335 e. The van der Waals surface area contributed by atoms with Crippen LogP contribution in [0, 0.1) is 12.8 Å². The standard InChI is InChI=1S/C13H17NO4S/c1-9-11(13(15)16)6-3-7-12(9)19(17,18)14-8-10-4-2-5-10/h3,6-7,10,14H,2,4-5,8H2,1H3,(H,15,16). The van der Waals surface area contributed by atoms with Crippen LogP contribution in [0.1, 0.15) is 35.2 Å². The van der Waals surface area contributed by atoms with Gasteiger partial charge in [-0.15, -0.1) is 0 Å². The summed E-state index contributed by atoms with van der Waals surface area (Å²) in [5.41, 5.74) is 0.294. The quantitative estimate of drug-likeness (QED) is 0.862. The van der Waals surface area contributed by atoms with Gasteiger partial charge in [0.2, 0.25) is 10.0 Å². The topological polar surface area (TPSA) is 83.5 Å². The predicted octanol–water partition coefficient (Wildman–Crippen LogP) is 1.77. The third-order valence-corrected chi connectivity index (χ3v) is 5.16. The molecule has 1 saturated carbocycles. The van der Waals surface area contributed by atoms with E-state index in [4.69, 9.17) is 5.11 Å². The first-order valence-corrected chi connectivity index (χ1v) is 7.72. The number of hydrogen-bond donors (Lipinski definition) is 2. The van der Waals surface area contributed by atoms with Gasteiger partial charge in [-0.2, -0.15) is 0 Å². The number of rotatable bonds is 5. The number of aromatic carboxylic acids is 1. The summed E-state index contributed by atoms with van der Waals surface area (Å²) in [5, 5.41) is 9.01. The minimum atomic E-state index is -3.63. The Labute approximate surface area is 112 Å². The second-order valence-electron chi connectivity index (χ2n) is 4.88. The zero-order chi connectivity index (χ0) is 14.0. The minimum absolute atomic E-state index is 0.0199. The Bertz CT molecular complexity index is 591. The molecule has 2 N–H and O–H groups in total. The fourth-order valence-corrected chi connectivity index (χ4v) is 3.52. The Morgan fingerprint density at radius 2 is 2.11 bits per heavy atom. The van der Waals surface area contributed by atoms with E-state index in [0.29, 0.717) is 12.5 Å². The minimum Gasteiger partial charge on any atom is -0.478 e. The summed E-state index contributed by atoms with van der Waals surface area (Å²) < 4.78 is 26.9. The summed E-state index contributed by atoms with van der Waals surface area (Å²) >= 11 is 0. The number of carbonyl (C=O) groups is 1. The number of hydrogen-bond acceptors (Lipinski definition) is 3. The first-order valence-electron chi connectivity index (χ1n) is 6.24. The van der Waals surface area contributed by atoms with Crippen LogP contribution in [-0.2, 0) is 10.0 Å². The van der Waals surface area contributed by atoms with Crippen molar-refractivity contribution < 1.29 is 18.3 Å². The van der Waals surface area contributed by atoms with Crippen LogP contribution in [0.5, 0.6) is 0 Å². The van der Waals surface area contributed by atoms with E-state index in [0.717, 1.165) is 19.3 Å². The predicted molar refractivity (Wildman–Crippen MR) is 70.7 cm³/mol. The van der Waals surface area contributed by atoms with Crippen molar-refractivity contribution in [3.63, 3.8) is 0 Å². The molecule has 104 valence electrons. The molecule has 0 bridgehead atoms. The Morgan fingerprint density at radius 3 is 2.63 bits per heavy atom. The van der Waals surface area contributed by atoms with E-state index in [9.17, 15) is 13.2 Å². The molecule has 0 aromatic heterocycles. The van der Waals surface area contributed by atoms with Gasteiger partial charge in [-0.05, 0) is 43.4 Å². The van der Waals surface area contributed by atoms with E-state index in [2.05, 4.69) is 4.72 Å². The molecular formula is C13H17NO4S. The normalized spacial score (nSPS) is 16.1. The zero-order valence-electron chi connectivity index (χ0n) is 10.7. The smallest absolute Gasteiger partial charge is 0.335 e. The van der Waals surface area contributed by atoms with E-state index in [1.165, 1.54) is 25.1 Å². The molecule has 5 nitrogen and oxygen atoms in total. The molecule has 1 aromatic rings. The number of carboxylic acids is 1. The molecule has 0 unspecified atom stereocenters. The Balaban J connectivity index is 2.24. The summed E-state index contributed by atoms with van der Waals surface area (Å²) in [7, 11) is -3.63. The third kappa shape index (κ3) is 2.96. The van der Waals surface area contributed by atoms with E-state index in [-0.39, 0.29) is 16.0 Å². The maximum absolute atomic E-state index is 12.2. The average molecular weight is 283 g/mol. The van der Waals surface area contributed by atoms with E-state index in [1.807, 2.05) is 0 Å². The number of benzene rings is 1. The lowest BCUT2D eigenvalue weighted by Gasteiger charge is -2.25. The molecule has 0 spiro atoms. The zero-order valence-corrected chi connectivity index (χ0v) is 11.5. The third-order valence-electron chi connectivity index (χ3n) is 3.59. The molecule has 0 amide bonds. The van der Waals surface area contributed by atoms with Gasteiger partial charge >= 0.3 is 5.97 Å². The molecule has 1 aliphatic carbocycles. The van der Waals surface area contributed by atoms with Gasteiger partial charge in [0.15, 0.2) is 0 Å². The van der Waals surface area contributed by atoms with Crippen molar-refractivity contribution in [1.82, 2.24) is 4.72 Å². The van der Waals surface area contributed by atoms with Crippen LogP contribution in [0.4, 0.5) is 0 Å². The van der Waals surface area contributed by atoms with Gasteiger partial charge in [0, 0.05) is 6.54 Å². The van der Waals surface area contributed by atoms with Crippen LogP contribution in [0.25, 0.3) is 0 Å². The molecule has 0 atom stereocenters. The highest BCUT2D eigenvalue weighted by atomic mass is 32.2. The number of nitrogens with one attached hydrogen (secondary N) is 1. The maximum atomic E-state index is 12.2. The van der Waals surface area contributed by atoms with Crippen molar-refractivity contribution >= 4 is 16.0 Å². The number of sulfonamides is 1. The SMILES string of the molecule is Cc1c(C(=O)O)cccc1S(=O)(=O)NCC1CCC1. The molecule has 0 saturated heterocycles. The molecule has 1 fully saturated rings. The summed E-state index contributed by atoms with van der Waals surface area (Å²) in [6.45, 7) is 1.94. The second kappa shape index (κ2) is 5.30. The van der Waals surface area contributed by atoms with Gasteiger partial charge < -0.3 is 5.11 Å². The lowest BCUT2D eigenvalue weighted by atomic mass is 9.86. The van der Waals surface area contributed by atoms with Crippen molar-refractivity contribution in [3.05, 3.63) is 29.3 Å². The van der Waals surface area contributed by atoms with Crippen LogP contribution >= 0.6 is 0 Å². The fraction of sp³-hybridized carbons (Fsp3) is 0.462. The summed E-state index contributed by atoms with van der Waals surface area (Å²) in [6.07, 6.45) is 3.26. The summed E-state index contributed by atoms with van der Waals surface area (Å²) in [5.74, 6) is -0.703. The molecule has 0 aliphatic heterocycles.